The van der Waals surface area contributed by atoms with Crippen molar-refractivity contribution in [1.29, 1.82) is 0 Å². The lowest BCUT2D eigenvalue weighted by molar-refractivity contribution is -0.118. The van der Waals surface area contributed by atoms with Gasteiger partial charge in [-0.05, 0) is 50.9 Å². The Kier molecular flexibility index (Phi) is 4.39. The molecule has 0 atom stereocenters. The molecule has 3 rings (SSSR count). The number of aliphatic imine (C=N–C) groups is 1. The second kappa shape index (κ2) is 6.44. The number of anilines is 1. The maximum Gasteiger partial charge on any atom is 0.126 e. The summed E-state index contributed by atoms with van der Waals surface area (Å²) in [5, 5.41) is 3.33. The van der Waals surface area contributed by atoms with Crippen LogP contribution in [-0.4, -0.2) is 32.1 Å². The number of hydrogen-bond donors (Lipinski definition) is 1. The first kappa shape index (κ1) is 15.0. The van der Waals surface area contributed by atoms with Crippen LogP contribution in [-0.2, 0) is 4.79 Å². The van der Waals surface area contributed by atoms with Gasteiger partial charge < -0.3 is 15.0 Å². The molecule has 1 N–H and O–H groups in total. The molecule has 0 radical (unpaired) electrons. The van der Waals surface area contributed by atoms with Crippen LogP contribution in [0.2, 0.25) is 0 Å². The van der Waals surface area contributed by atoms with Gasteiger partial charge in [-0.15, -0.1) is 0 Å². The fourth-order valence-corrected chi connectivity index (χ4v) is 3.37. The summed E-state index contributed by atoms with van der Waals surface area (Å²) in [6.45, 7) is 6.87. The molecule has 4 heteroatoms. The third-order valence-electron chi connectivity index (χ3n) is 4.78. The van der Waals surface area contributed by atoms with Crippen molar-refractivity contribution in [2.75, 3.05) is 24.5 Å². The van der Waals surface area contributed by atoms with Crippen LogP contribution in [0.3, 0.4) is 0 Å². The minimum absolute atomic E-state index is 0.129. The second-order valence-corrected chi connectivity index (χ2v) is 6.22. The van der Waals surface area contributed by atoms with Crippen molar-refractivity contribution in [2.45, 2.75) is 25.7 Å². The number of nitrogens with zero attached hydrogens (tertiary/aromatic N) is 2. The Balaban J connectivity index is 1.65. The van der Waals surface area contributed by atoms with Crippen LogP contribution < -0.4 is 10.2 Å². The van der Waals surface area contributed by atoms with Gasteiger partial charge in [0.15, 0.2) is 0 Å². The molecule has 0 aromatic heterocycles. The number of fused-ring (bicyclic) bond motifs is 1. The minimum atomic E-state index is -0.129. The van der Waals surface area contributed by atoms with Gasteiger partial charge in [0.05, 0.1) is 23.3 Å². The van der Waals surface area contributed by atoms with Crippen molar-refractivity contribution >= 4 is 23.9 Å². The fourth-order valence-electron chi connectivity index (χ4n) is 3.37. The van der Waals surface area contributed by atoms with Gasteiger partial charge in [0, 0.05) is 12.0 Å². The van der Waals surface area contributed by atoms with E-state index < -0.39 is 0 Å². The number of aldehydes is 1. The Morgan fingerprint density at radius 1 is 1.32 bits per heavy atom. The first-order chi connectivity index (χ1) is 10.7. The van der Waals surface area contributed by atoms with Crippen molar-refractivity contribution < 1.29 is 4.79 Å². The van der Waals surface area contributed by atoms with E-state index in [0.29, 0.717) is 0 Å². The van der Waals surface area contributed by atoms with Crippen molar-refractivity contribution in [3.8, 4) is 0 Å². The third-order valence-corrected chi connectivity index (χ3v) is 4.78. The molecule has 2 aliphatic heterocycles. The van der Waals surface area contributed by atoms with Gasteiger partial charge in [-0.2, -0.15) is 0 Å². The van der Waals surface area contributed by atoms with Crippen LogP contribution in [0, 0.1) is 5.41 Å². The topological polar surface area (TPSA) is 44.7 Å². The highest BCUT2D eigenvalue weighted by Gasteiger charge is 2.31. The van der Waals surface area contributed by atoms with E-state index in [2.05, 4.69) is 27.9 Å². The van der Waals surface area contributed by atoms with Crippen molar-refractivity contribution in [3.05, 3.63) is 36.5 Å². The van der Waals surface area contributed by atoms with E-state index in [4.69, 9.17) is 0 Å². The van der Waals surface area contributed by atoms with Crippen LogP contribution in [0.1, 0.15) is 25.7 Å². The van der Waals surface area contributed by atoms with E-state index in [9.17, 15) is 4.79 Å². The molecule has 22 heavy (non-hydrogen) atoms. The number of para-hydroxylation sites is 2. The van der Waals surface area contributed by atoms with E-state index >= 15 is 0 Å². The summed E-state index contributed by atoms with van der Waals surface area (Å²) in [6.07, 6.45) is 6.85. The zero-order chi connectivity index (χ0) is 15.4. The number of piperidine rings is 1. The molecular weight excluding hydrogens is 274 g/mol. The van der Waals surface area contributed by atoms with Crippen LogP contribution in [0.15, 0.2) is 41.5 Å². The summed E-state index contributed by atoms with van der Waals surface area (Å²) >= 11 is 0. The van der Waals surface area contributed by atoms with Crippen molar-refractivity contribution in [1.82, 2.24) is 5.32 Å². The molecule has 1 fully saturated rings. The van der Waals surface area contributed by atoms with E-state index in [1.807, 2.05) is 24.4 Å². The Morgan fingerprint density at radius 2 is 2.09 bits per heavy atom. The van der Waals surface area contributed by atoms with E-state index in [1.54, 1.807) is 0 Å². The molecule has 0 spiro atoms. The SMILES string of the molecule is C=C1C=Nc2ccccc2N1CCCC1(C=O)CCNCC1. The summed E-state index contributed by atoms with van der Waals surface area (Å²) in [5.74, 6) is 0. The molecule has 116 valence electrons. The predicted molar refractivity (Wildman–Crippen MR) is 90.9 cm³/mol. The minimum Gasteiger partial charge on any atom is -0.339 e. The molecule has 2 heterocycles. The number of carbonyl (C=O) groups excluding carboxylic acids is 1. The van der Waals surface area contributed by atoms with E-state index in [-0.39, 0.29) is 5.41 Å². The highest BCUT2D eigenvalue weighted by Crippen LogP contribution is 2.35. The van der Waals surface area contributed by atoms with Crippen molar-refractivity contribution in [3.63, 3.8) is 0 Å². The average molecular weight is 297 g/mol. The molecule has 4 nitrogen and oxygen atoms in total. The maximum atomic E-state index is 11.5. The molecule has 1 aromatic rings. The number of hydrogen-bond acceptors (Lipinski definition) is 4. The Bertz CT molecular complexity index is 588. The number of nitrogens with one attached hydrogen (secondary N) is 1. The standard InChI is InChI=1S/C18H23N3O/c1-15-13-20-16-5-2-3-6-17(16)21(15)12-4-7-18(14-22)8-10-19-11-9-18/h2-3,5-6,13-14,19H,1,4,7-12H2. The summed E-state index contributed by atoms with van der Waals surface area (Å²) in [5.41, 5.74) is 2.89. The Labute approximate surface area is 131 Å². The molecule has 0 saturated carbocycles. The molecule has 2 aliphatic rings. The first-order valence-corrected chi connectivity index (χ1v) is 8.01. The summed E-state index contributed by atoms with van der Waals surface area (Å²) < 4.78 is 0. The predicted octanol–water partition coefficient (Wildman–Crippen LogP) is 3.07. The Morgan fingerprint density at radius 3 is 2.86 bits per heavy atom. The monoisotopic (exact) mass is 297 g/mol. The lowest BCUT2D eigenvalue weighted by atomic mass is 9.76. The molecular formula is C18H23N3O. The fraction of sp³-hybridized carbons (Fsp3) is 0.444. The van der Waals surface area contributed by atoms with E-state index in [1.165, 1.54) is 6.29 Å². The Hall–Kier alpha value is -1.94. The van der Waals surface area contributed by atoms with E-state index in [0.717, 1.165) is 62.4 Å². The normalized spacial score (nSPS) is 19.8. The van der Waals surface area contributed by atoms with Gasteiger partial charge in [0.1, 0.15) is 6.29 Å². The first-order valence-electron chi connectivity index (χ1n) is 8.01. The summed E-state index contributed by atoms with van der Waals surface area (Å²) in [6, 6.07) is 8.13. The number of rotatable bonds is 5. The molecule has 0 bridgehead atoms. The smallest absolute Gasteiger partial charge is 0.126 e. The lowest BCUT2D eigenvalue weighted by Gasteiger charge is -2.34. The maximum absolute atomic E-state index is 11.5. The van der Waals surface area contributed by atoms with Gasteiger partial charge in [-0.3, -0.25) is 4.99 Å². The summed E-state index contributed by atoms with van der Waals surface area (Å²) in [4.78, 5) is 18.2. The number of allylic oxidation sites excluding steroid dienone is 1. The van der Waals surface area contributed by atoms with Crippen LogP contribution in [0.5, 0.6) is 0 Å². The van der Waals surface area contributed by atoms with Crippen LogP contribution in [0.25, 0.3) is 0 Å². The highest BCUT2D eigenvalue weighted by atomic mass is 16.1. The van der Waals surface area contributed by atoms with Gasteiger partial charge in [0.25, 0.3) is 0 Å². The highest BCUT2D eigenvalue weighted by molar-refractivity contribution is 5.92. The summed E-state index contributed by atoms with van der Waals surface area (Å²) in [7, 11) is 0. The lowest BCUT2D eigenvalue weighted by Crippen LogP contribution is -2.38. The molecule has 1 aromatic carbocycles. The van der Waals surface area contributed by atoms with Gasteiger partial charge in [-0.1, -0.05) is 18.7 Å². The average Bonchev–Trinajstić information content (AvgIpc) is 2.58. The zero-order valence-electron chi connectivity index (χ0n) is 12.9. The van der Waals surface area contributed by atoms with Crippen molar-refractivity contribution in [2.24, 2.45) is 10.4 Å². The number of benzene rings is 1. The zero-order valence-corrected chi connectivity index (χ0v) is 12.9. The van der Waals surface area contributed by atoms with Gasteiger partial charge >= 0.3 is 0 Å². The van der Waals surface area contributed by atoms with Gasteiger partial charge in [0.2, 0.25) is 0 Å². The second-order valence-electron chi connectivity index (χ2n) is 6.22. The largest absolute Gasteiger partial charge is 0.339 e. The molecule has 0 unspecified atom stereocenters. The van der Waals surface area contributed by atoms with Gasteiger partial charge in [-0.25, -0.2) is 0 Å². The third kappa shape index (κ3) is 2.97. The molecule has 0 amide bonds. The molecule has 1 saturated heterocycles. The number of carbonyl (C=O) groups is 1. The van der Waals surface area contributed by atoms with Crippen LogP contribution in [0.4, 0.5) is 11.4 Å². The quantitative estimate of drug-likeness (QED) is 0.850. The molecule has 0 aliphatic carbocycles. The van der Waals surface area contributed by atoms with Crippen LogP contribution >= 0.6 is 0 Å².